The number of rotatable bonds is 5. The molecule has 1 N–H and O–H groups in total. The van der Waals surface area contributed by atoms with Gasteiger partial charge in [0.25, 0.3) is 5.91 Å². The second-order valence-corrected chi connectivity index (χ2v) is 8.67. The third-order valence-corrected chi connectivity index (χ3v) is 5.46. The molecular weight excluding hydrogens is 423 g/mol. The maximum Gasteiger partial charge on any atom is 0.417 e. The van der Waals surface area contributed by atoms with E-state index in [-0.39, 0.29) is 35.5 Å². The molecule has 3 heterocycles. The molecule has 0 spiro atoms. The van der Waals surface area contributed by atoms with Crippen LogP contribution in [0, 0.1) is 5.92 Å². The number of pyridine rings is 1. The molecule has 2 aromatic heterocycles. The van der Waals surface area contributed by atoms with E-state index in [0.717, 1.165) is 25.1 Å². The average molecular weight is 451 g/mol. The Morgan fingerprint density at radius 1 is 1.16 bits per heavy atom. The first kappa shape index (κ1) is 23.7. The van der Waals surface area contributed by atoms with E-state index in [4.69, 9.17) is 0 Å². The third kappa shape index (κ3) is 5.11. The van der Waals surface area contributed by atoms with Crippen LogP contribution in [0.5, 0.6) is 0 Å². The Bertz CT molecular complexity index is 967. The summed E-state index contributed by atoms with van der Waals surface area (Å²) >= 11 is 0. The second-order valence-electron chi connectivity index (χ2n) is 8.67. The zero-order valence-corrected chi connectivity index (χ0v) is 18.6. The SMILES string of the molecule is CC(C)C(=O)NC1CCCN(C(=O)c2cnn(-c3ccc(C(F)(F)F)cn3)c2C(C)C)C1. The van der Waals surface area contributed by atoms with Crippen LogP contribution in [-0.4, -0.2) is 50.6 Å². The third-order valence-electron chi connectivity index (χ3n) is 5.46. The smallest absolute Gasteiger partial charge is 0.351 e. The average Bonchev–Trinajstić information content (AvgIpc) is 3.18. The number of likely N-dealkylation sites (tertiary alicyclic amines) is 1. The van der Waals surface area contributed by atoms with Gasteiger partial charge in [0, 0.05) is 31.2 Å². The van der Waals surface area contributed by atoms with Crippen LogP contribution in [0.4, 0.5) is 13.2 Å². The standard InChI is InChI=1S/C22H28F3N5O2/c1-13(2)19-17(11-27-30(19)18-8-7-15(10-26-18)22(23,24)25)21(32)29-9-5-6-16(12-29)28-20(31)14(3)4/h7-8,10-11,13-14,16H,5-6,9,12H2,1-4H3,(H,28,31). The van der Waals surface area contributed by atoms with Gasteiger partial charge in [0.1, 0.15) is 0 Å². The number of alkyl halides is 3. The van der Waals surface area contributed by atoms with Crippen LogP contribution in [-0.2, 0) is 11.0 Å². The molecule has 2 aromatic rings. The monoisotopic (exact) mass is 451 g/mol. The first-order chi connectivity index (χ1) is 15.0. The van der Waals surface area contributed by atoms with Gasteiger partial charge in [0.2, 0.25) is 5.91 Å². The lowest BCUT2D eigenvalue weighted by Crippen LogP contribution is -2.50. The van der Waals surface area contributed by atoms with Crippen LogP contribution in [0.25, 0.3) is 5.82 Å². The van der Waals surface area contributed by atoms with Gasteiger partial charge in [-0.1, -0.05) is 27.7 Å². The van der Waals surface area contributed by atoms with Gasteiger partial charge in [-0.3, -0.25) is 9.59 Å². The van der Waals surface area contributed by atoms with Crippen molar-refractivity contribution in [3.05, 3.63) is 41.3 Å². The Morgan fingerprint density at radius 2 is 1.88 bits per heavy atom. The number of piperidine rings is 1. The molecule has 1 saturated heterocycles. The topological polar surface area (TPSA) is 80.1 Å². The van der Waals surface area contributed by atoms with Crippen molar-refractivity contribution in [3.8, 4) is 5.82 Å². The van der Waals surface area contributed by atoms with E-state index in [9.17, 15) is 22.8 Å². The minimum Gasteiger partial charge on any atom is -0.351 e. The lowest BCUT2D eigenvalue weighted by atomic mass is 10.0. The zero-order valence-electron chi connectivity index (χ0n) is 18.6. The highest BCUT2D eigenvalue weighted by atomic mass is 19.4. The molecule has 3 rings (SSSR count). The molecule has 0 aliphatic carbocycles. The molecule has 1 aliphatic heterocycles. The predicted molar refractivity (Wildman–Crippen MR) is 112 cm³/mol. The van der Waals surface area contributed by atoms with Crippen molar-refractivity contribution in [2.45, 2.75) is 58.7 Å². The highest BCUT2D eigenvalue weighted by molar-refractivity contribution is 5.95. The fourth-order valence-electron chi connectivity index (χ4n) is 3.76. The first-order valence-corrected chi connectivity index (χ1v) is 10.7. The van der Waals surface area contributed by atoms with Crippen molar-refractivity contribution in [3.63, 3.8) is 0 Å². The Balaban J connectivity index is 1.85. The van der Waals surface area contributed by atoms with E-state index in [1.54, 1.807) is 4.90 Å². The summed E-state index contributed by atoms with van der Waals surface area (Å²) in [6.45, 7) is 8.37. The van der Waals surface area contributed by atoms with Gasteiger partial charge in [-0.25, -0.2) is 9.67 Å². The van der Waals surface area contributed by atoms with Gasteiger partial charge in [0.05, 0.1) is 23.0 Å². The Labute approximate surface area is 185 Å². The maximum atomic E-state index is 13.3. The van der Waals surface area contributed by atoms with Crippen molar-refractivity contribution < 1.29 is 22.8 Å². The maximum absolute atomic E-state index is 13.3. The summed E-state index contributed by atoms with van der Waals surface area (Å²) in [7, 11) is 0. The molecule has 7 nitrogen and oxygen atoms in total. The summed E-state index contributed by atoms with van der Waals surface area (Å²) in [5, 5.41) is 7.25. The van der Waals surface area contributed by atoms with Gasteiger partial charge in [-0.2, -0.15) is 18.3 Å². The molecule has 0 radical (unpaired) electrons. The molecule has 1 unspecified atom stereocenters. The number of nitrogens with one attached hydrogen (secondary N) is 1. The van der Waals surface area contributed by atoms with Gasteiger partial charge in [-0.05, 0) is 30.9 Å². The zero-order chi connectivity index (χ0) is 23.6. The number of hydrogen-bond donors (Lipinski definition) is 1. The van der Waals surface area contributed by atoms with Gasteiger partial charge < -0.3 is 10.2 Å². The molecule has 32 heavy (non-hydrogen) atoms. The molecule has 174 valence electrons. The molecule has 1 fully saturated rings. The van der Waals surface area contributed by atoms with Crippen LogP contribution in [0.15, 0.2) is 24.5 Å². The lowest BCUT2D eigenvalue weighted by molar-refractivity contribution is -0.137. The van der Waals surface area contributed by atoms with E-state index in [0.29, 0.717) is 24.3 Å². The summed E-state index contributed by atoms with van der Waals surface area (Å²) in [5.41, 5.74) is 0.117. The van der Waals surface area contributed by atoms with E-state index >= 15 is 0 Å². The second kappa shape index (κ2) is 9.30. The minimum absolute atomic E-state index is 0.0478. The summed E-state index contributed by atoms with van der Waals surface area (Å²) < 4.78 is 40.0. The van der Waals surface area contributed by atoms with E-state index < -0.39 is 11.7 Å². The Morgan fingerprint density at radius 3 is 2.44 bits per heavy atom. The number of carbonyl (C=O) groups is 2. The van der Waals surface area contributed by atoms with E-state index in [1.807, 2.05) is 27.7 Å². The molecule has 2 amide bonds. The van der Waals surface area contributed by atoms with E-state index in [1.165, 1.54) is 16.9 Å². The Hall–Kier alpha value is -2.91. The normalized spacial score (nSPS) is 17.2. The van der Waals surface area contributed by atoms with Crippen LogP contribution >= 0.6 is 0 Å². The molecule has 0 bridgehead atoms. The summed E-state index contributed by atoms with van der Waals surface area (Å²) in [6, 6.07) is 2.08. The highest BCUT2D eigenvalue weighted by Crippen LogP contribution is 2.30. The number of amides is 2. The summed E-state index contributed by atoms with van der Waals surface area (Å²) in [5.74, 6) is -0.310. The molecule has 0 aromatic carbocycles. The molecule has 0 saturated carbocycles. The fourth-order valence-corrected chi connectivity index (χ4v) is 3.76. The summed E-state index contributed by atoms with van der Waals surface area (Å²) in [4.78, 5) is 31.0. The number of nitrogens with zero attached hydrogens (tertiary/aromatic N) is 4. The van der Waals surface area contributed by atoms with Crippen molar-refractivity contribution in [1.82, 2.24) is 25.0 Å². The first-order valence-electron chi connectivity index (χ1n) is 10.7. The summed E-state index contributed by atoms with van der Waals surface area (Å²) in [6.07, 6.45) is -0.718. The number of halogens is 3. The van der Waals surface area contributed by atoms with Gasteiger partial charge in [0.15, 0.2) is 5.82 Å². The van der Waals surface area contributed by atoms with Crippen molar-refractivity contribution in [2.75, 3.05) is 13.1 Å². The molecular formula is C22H28F3N5O2. The van der Waals surface area contributed by atoms with Crippen molar-refractivity contribution >= 4 is 11.8 Å². The minimum atomic E-state index is -4.48. The van der Waals surface area contributed by atoms with Crippen molar-refractivity contribution in [1.29, 1.82) is 0 Å². The van der Waals surface area contributed by atoms with Crippen LogP contribution in [0.1, 0.15) is 68.1 Å². The van der Waals surface area contributed by atoms with Crippen LogP contribution in [0.3, 0.4) is 0 Å². The molecule has 1 aliphatic rings. The van der Waals surface area contributed by atoms with Gasteiger partial charge in [-0.15, -0.1) is 0 Å². The number of carbonyl (C=O) groups excluding carboxylic acids is 2. The number of aromatic nitrogens is 3. The quantitative estimate of drug-likeness (QED) is 0.750. The lowest BCUT2D eigenvalue weighted by Gasteiger charge is -2.33. The highest BCUT2D eigenvalue weighted by Gasteiger charge is 2.32. The van der Waals surface area contributed by atoms with E-state index in [2.05, 4.69) is 15.4 Å². The van der Waals surface area contributed by atoms with Crippen molar-refractivity contribution in [2.24, 2.45) is 5.92 Å². The fraction of sp³-hybridized carbons (Fsp3) is 0.545. The van der Waals surface area contributed by atoms with Crippen LogP contribution < -0.4 is 5.32 Å². The predicted octanol–water partition coefficient (Wildman–Crippen LogP) is 3.79. The van der Waals surface area contributed by atoms with Crippen LogP contribution in [0.2, 0.25) is 0 Å². The number of hydrogen-bond acceptors (Lipinski definition) is 4. The molecule has 1 atom stereocenters. The largest absolute Gasteiger partial charge is 0.417 e. The molecule has 10 heteroatoms. The van der Waals surface area contributed by atoms with Gasteiger partial charge >= 0.3 is 6.18 Å². The Kier molecular flexibility index (Phi) is 6.90.